The zero-order chi connectivity index (χ0) is 14.6. The summed E-state index contributed by atoms with van der Waals surface area (Å²) in [6.07, 6.45) is -4.35. The zero-order valence-electron chi connectivity index (χ0n) is 10.4. The molecule has 1 rings (SSSR count). The van der Waals surface area contributed by atoms with E-state index in [1.807, 2.05) is 13.8 Å². The van der Waals surface area contributed by atoms with Crippen LogP contribution in [0.4, 0.5) is 13.2 Å². The summed E-state index contributed by atoms with van der Waals surface area (Å²) in [5.41, 5.74) is 0.0639. The number of nitrogens with zero attached hydrogens (tertiary/aromatic N) is 3. The van der Waals surface area contributed by atoms with Crippen molar-refractivity contribution >= 4 is 5.97 Å². The molecule has 1 aromatic rings. The first-order chi connectivity index (χ1) is 8.70. The second kappa shape index (κ2) is 6.00. The molecule has 9 heteroatoms. The Morgan fingerprint density at radius 1 is 1.47 bits per heavy atom. The average Bonchev–Trinajstić information content (AvgIpc) is 2.59. The molecule has 1 N–H and O–H groups in total. The van der Waals surface area contributed by atoms with Gasteiger partial charge in [-0.1, -0.05) is 19.1 Å². The lowest BCUT2D eigenvalue weighted by molar-refractivity contribution is -0.325. The summed E-state index contributed by atoms with van der Waals surface area (Å²) in [4.78, 5) is 10.9. The van der Waals surface area contributed by atoms with Crippen molar-refractivity contribution < 1.29 is 27.8 Å². The molecule has 0 saturated heterocycles. The van der Waals surface area contributed by atoms with Crippen LogP contribution in [-0.2, 0) is 17.7 Å². The van der Waals surface area contributed by atoms with E-state index in [-0.39, 0.29) is 18.2 Å². The number of hydrogen-bond acceptors (Lipinski definition) is 4. The summed E-state index contributed by atoms with van der Waals surface area (Å²) in [7, 11) is 0. The van der Waals surface area contributed by atoms with Crippen LogP contribution < -0.4 is 0 Å². The van der Waals surface area contributed by atoms with Crippen LogP contribution in [0.3, 0.4) is 0 Å². The van der Waals surface area contributed by atoms with Gasteiger partial charge in [0.1, 0.15) is 0 Å². The Balaban J connectivity index is 2.79. The maximum Gasteiger partial charge on any atom is 0.522 e. The van der Waals surface area contributed by atoms with E-state index >= 15 is 0 Å². The van der Waals surface area contributed by atoms with Gasteiger partial charge in [-0.2, -0.15) is 0 Å². The molecule has 0 radical (unpaired) electrons. The van der Waals surface area contributed by atoms with E-state index < -0.39 is 18.9 Å². The molecule has 0 aliphatic carbocycles. The maximum atomic E-state index is 11.8. The lowest BCUT2D eigenvalue weighted by atomic mass is 10.1. The summed E-state index contributed by atoms with van der Waals surface area (Å²) in [6, 6.07) is 0. The average molecular weight is 281 g/mol. The van der Waals surface area contributed by atoms with E-state index in [0.717, 1.165) is 4.68 Å². The summed E-state index contributed by atoms with van der Waals surface area (Å²) in [5.74, 6) is -1.13. The van der Waals surface area contributed by atoms with Gasteiger partial charge in [0.25, 0.3) is 0 Å². The van der Waals surface area contributed by atoms with Gasteiger partial charge in [-0.15, -0.1) is 18.3 Å². The standard InChI is InChI=1S/C10H14F3N3O3/c1-6(2)5-7-8(9(17)18)14-15-16(7)3-4-19-10(11,12)13/h6H,3-5H2,1-2H3,(H,17,18). The summed E-state index contributed by atoms with van der Waals surface area (Å²) >= 11 is 0. The second-order valence-corrected chi connectivity index (χ2v) is 4.31. The van der Waals surface area contributed by atoms with Gasteiger partial charge < -0.3 is 5.11 Å². The molecule has 1 heterocycles. The van der Waals surface area contributed by atoms with Crippen molar-refractivity contribution in [3.05, 3.63) is 11.4 Å². The first kappa shape index (κ1) is 15.4. The molecule has 0 spiro atoms. The molecule has 6 nitrogen and oxygen atoms in total. The highest BCUT2D eigenvalue weighted by Crippen LogP contribution is 2.17. The lowest BCUT2D eigenvalue weighted by Gasteiger charge is -2.10. The van der Waals surface area contributed by atoms with E-state index in [2.05, 4.69) is 15.0 Å². The van der Waals surface area contributed by atoms with Gasteiger partial charge >= 0.3 is 12.3 Å². The molecule has 19 heavy (non-hydrogen) atoms. The van der Waals surface area contributed by atoms with E-state index in [1.165, 1.54) is 0 Å². The minimum absolute atomic E-state index is 0.124. The predicted octanol–water partition coefficient (Wildman–Crippen LogP) is 1.71. The molecule has 1 aromatic heterocycles. The fourth-order valence-corrected chi connectivity index (χ4v) is 1.52. The Morgan fingerprint density at radius 2 is 2.11 bits per heavy atom. The van der Waals surface area contributed by atoms with Crippen LogP contribution in [0.2, 0.25) is 0 Å². The lowest BCUT2D eigenvalue weighted by Crippen LogP contribution is -2.19. The van der Waals surface area contributed by atoms with E-state index in [4.69, 9.17) is 5.11 Å². The molecule has 0 aromatic carbocycles. The molecule has 0 aliphatic heterocycles. The van der Waals surface area contributed by atoms with Crippen molar-refractivity contribution in [2.75, 3.05) is 6.61 Å². The molecular formula is C10H14F3N3O3. The van der Waals surface area contributed by atoms with Crippen LogP contribution in [0.15, 0.2) is 0 Å². The SMILES string of the molecule is CC(C)Cc1c(C(=O)O)nnn1CCOC(F)(F)F. The smallest absolute Gasteiger partial charge is 0.476 e. The Bertz CT molecular complexity index is 443. The Morgan fingerprint density at radius 3 is 2.58 bits per heavy atom. The van der Waals surface area contributed by atoms with Crippen molar-refractivity contribution in [3.63, 3.8) is 0 Å². The van der Waals surface area contributed by atoms with Crippen molar-refractivity contribution in [2.45, 2.75) is 33.2 Å². The molecule has 0 atom stereocenters. The largest absolute Gasteiger partial charge is 0.522 e. The highest BCUT2D eigenvalue weighted by Gasteiger charge is 2.29. The number of ether oxygens (including phenoxy) is 1. The van der Waals surface area contributed by atoms with Crippen molar-refractivity contribution in [3.8, 4) is 0 Å². The van der Waals surface area contributed by atoms with E-state index in [9.17, 15) is 18.0 Å². The van der Waals surface area contributed by atoms with Gasteiger partial charge in [-0.05, 0) is 12.3 Å². The fourth-order valence-electron chi connectivity index (χ4n) is 1.52. The normalized spacial score (nSPS) is 12.1. The molecule has 0 aliphatic rings. The van der Waals surface area contributed by atoms with Crippen LogP contribution >= 0.6 is 0 Å². The first-order valence-corrected chi connectivity index (χ1v) is 5.57. The number of alkyl halides is 3. The second-order valence-electron chi connectivity index (χ2n) is 4.31. The van der Waals surface area contributed by atoms with Crippen LogP contribution in [-0.4, -0.2) is 39.0 Å². The number of halogens is 3. The number of carboxylic acid groups (broad SMARTS) is 1. The molecule has 108 valence electrons. The zero-order valence-corrected chi connectivity index (χ0v) is 10.4. The third-order valence-electron chi connectivity index (χ3n) is 2.21. The Kier molecular flexibility index (Phi) is 4.87. The Hall–Kier alpha value is -1.64. The number of aromatic nitrogens is 3. The third kappa shape index (κ3) is 4.86. The van der Waals surface area contributed by atoms with Crippen molar-refractivity contribution in [2.24, 2.45) is 5.92 Å². The van der Waals surface area contributed by atoms with Gasteiger partial charge in [0.15, 0.2) is 5.69 Å². The van der Waals surface area contributed by atoms with Gasteiger partial charge in [0.05, 0.1) is 18.8 Å². The summed E-state index contributed by atoms with van der Waals surface area (Å²) < 4.78 is 40.3. The molecule has 0 amide bonds. The summed E-state index contributed by atoms with van der Waals surface area (Å²) in [5, 5.41) is 15.9. The molecule has 0 unspecified atom stereocenters. The van der Waals surface area contributed by atoms with Gasteiger partial charge in [0.2, 0.25) is 0 Å². The van der Waals surface area contributed by atoms with Crippen LogP contribution in [0, 0.1) is 5.92 Å². The predicted molar refractivity (Wildman–Crippen MR) is 57.5 cm³/mol. The minimum atomic E-state index is -4.71. The van der Waals surface area contributed by atoms with Gasteiger partial charge in [-0.25, -0.2) is 9.48 Å². The number of rotatable bonds is 6. The minimum Gasteiger partial charge on any atom is -0.476 e. The molecule has 0 fully saturated rings. The molecule has 0 saturated carbocycles. The van der Waals surface area contributed by atoms with Crippen molar-refractivity contribution in [1.82, 2.24) is 15.0 Å². The van der Waals surface area contributed by atoms with Crippen LogP contribution in [0.5, 0.6) is 0 Å². The van der Waals surface area contributed by atoms with Crippen LogP contribution in [0.25, 0.3) is 0 Å². The Labute approximate surface area is 107 Å². The van der Waals surface area contributed by atoms with E-state index in [1.54, 1.807) is 0 Å². The highest BCUT2D eigenvalue weighted by molar-refractivity contribution is 5.86. The molecule has 0 bridgehead atoms. The van der Waals surface area contributed by atoms with Gasteiger partial charge in [0, 0.05) is 0 Å². The topological polar surface area (TPSA) is 77.2 Å². The number of carbonyl (C=O) groups is 1. The van der Waals surface area contributed by atoms with Crippen molar-refractivity contribution in [1.29, 1.82) is 0 Å². The van der Waals surface area contributed by atoms with E-state index in [0.29, 0.717) is 12.1 Å². The number of hydrogen-bond donors (Lipinski definition) is 1. The maximum absolute atomic E-state index is 11.8. The first-order valence-electron chi connectivity index (χ1n) is 5.57. The van der Waals surface area contributed by atoms with Gasteiger partial charge in [-0.3, -0.25) is 4.74 Å². The molecular weight excluding hydrogens is 267 g/mol. The number of aromatic carboxylic acids is 1. The number of carboxylic acids is 1. The quantitative estimate of drug-likeness (QED) is 0.859. The summed E-state index contributed by atoms with van der Waals surface area (Å²) in [6.45, 7) is 2.86. The monoisotopic (exact) mass is 281 g/mol. The third-order valence-corrected chi connectivity index (χ3v) is 2.21. The van der Waals surface area contributed by atoms with Crippen LogP contribution in [0.1, 0.15) is 30.0 Å². The highest BCUT2D eigenvalue weighted by atomic mass is 19.4. The fraction of sp³-hybridized carbons (Fsp3) is 0.700.